The Hall–Kier alpha value is -0.820. The van der Waals surface area contributed by atoms with Crippen LogP contribution in [0.4, 0.5) is 13.2 Å². The Morgan fingerprint density at radius 3 is 2.21 bits per heavy atom. The summed E-state index contributed by atoms with van der Waals surface area (Å²) < 4.78 is 35.7. The summed E-state index contributed by atoms with van der Waals surface area (Å²) in [6.45, 7) is 6.18. The normalized spacial score (nSPS) is 16.0. The molecule has 0 aliphatic carbocycles. The second kappa shape index (κ2) is 7.09. The number of halogens is 3. The van der Waals surface area contributed by atoms with Crippen molar-refractivity contribution < 1.29 is 23.1 Å². The molecule has 0 aromatic carbocycles. The van der Waals surface area contributed by atoms with Gasteiger partial charge in [0.25, 0.3) is 0 Å². The predicted molar refractivity (Wildman–Crippen MR) is 66.6 cm³/mol. The van der Waals surface area contributed by atoms with Crippen molar-refractivity contribution in [3.8, 4) is 0 Å². The van der Waals surface area contributed by atoms with Crippen LogP contribution in [0.1, 0.15) is 34.1 Å². The number of amides is 1. The van der Waals surface area contributed by atoms with Gasteiger partial charge < -0.3 is 15.7 Å². The topological polar surface area (TPSA) is 61.4 Å². The van der Waals surface area contributed by atoms with E-state index in [0.29, 0.717) is 6.42 Å². The largest absolute Gasteiger partial charge is 0.405 e. The number of nitrogens with one attached hydrogen (secondary N) is 2. The van der Waals surface area contributed by atoms with Crippen molar-refractivity contribution >= 4 is 5.91 Å². The lowest BCUT2D eigenvalue weighted by Crippen LogP contribution is -2.47. The number of hydrogen-bond acceptors (Lipinski definition) is 3. The van der Waals surface area contributed by atoms with E-state index in [1.807, 2.05) is 20.8 Å². The van der Waals surface area contributed by atoms with Gasteiger partial charge in [-0.15, -0.1) is 0 Å². The second-order valence-electron chi connectivity index (χ2n) is 5.88. The molecule has 0 aromatic rings. The molecule has 2 unspecified atom stereocenters. The number of carbonyl (C=O) groups is 1. The summed E-state index contributed by atoms with van der Waals surface area (Å²) in [7, 11) is 0. The molecule has 4 nitrogen and oxygen atoms in total. The Kier molecular flexibility index (Phi) is 6.79. The van der Waals surface area contributed by atoms with Gasteiger partial charge in [-0.1, -0.05) is 20.8 Å². The van der Waals surface area contributed by atoms with Crippen molar-refractivity contribution in [1.29, 1.82) is 0 Å². The van der Waals surface area contributed by atoms with Crippen LogP contribution in [-0.4, -0.2) is 42.4 Å². The van der Waals surface area contributed by atoms with Gasteiger partial charge in [-0.05, 0) is 18.8 Å². The molecule has 2 atom stereocenters. The fourth-order valence-corrected chi connectivity index (χ4v) is 1.52. The van der Waals surface area contributed by atoms with Crippen LogP contribution < -0.4 is 10.6 Å². The molecule has 1 amide bonds. The van der Waals surface area contributed by atoms with Gasteiger partial charge >= 0.3 is 6.18 Å². The average molecular weight is 284 g/mol. The molecule has 0 fully saturated rings. The molecule has 0 spiro atoms. The number of carbonyl (C=O) groups excluding carboxylic acids is 1. The lowest BCUT2D eigenvalue weighted by atomic mass is 9.89. The zero-order valence-electron chi connectivity index (χ0n) is 11.8. The third kappa shape index (κ3) is 10.8. The standard InChI is InChI=1S/C12H23F3N2O2/c1-8(10(19)17-7-12(13,14)15)16-6-9(18)5-11(2,3)4/h8-9,16,18H,5-7H2,1-4H3,(H,17,19). The molecule has 0 aromatic heterocycles. The van der Waals surface area contributed by atoms with Gasteiger partial charge in [0.2, 0.25) is 5.91 Å². The summed E-state index contributed by atoms with van der Waals surface area (Å²) in [5.41, 5.74) is -0.0527. The van der Waals surface area contributed by atoms with Gasteiger partial charge in [-0.25, -0.2) is 0 Å². The Balaban J connectivity index is 3.97. The monoisotopic (exact) mass is 284 g/mol. The molecule has 0 saturated carbocycles. The lowest BCUT2D eigenvalue weighted by Gasteiger charge is -2.23. The summed E-state index contributed by atoms with van der Waals surface area (Å²) in [5.74, 6) is -0.736. The van der Waals surface area contributed by atoms with Crippen LogP contribution in [0.25, 0.3) is 0 Å². The fraction of sp³-hybridized carbons (Fsp3) is 0.917. The van der Waals surface area contributed by atoms with Crippen molar-refractivity contribution in [1.82, 2.24) is 10.6 Å². The van der Waals surface area contributed by atoms with E-state index >= 15 is 0 Å². The smallest absolute Gasteiger partial charge is 0.392 e. The highest BCUT2D eigenvalue weighted by molar-refractivity contribution is 5.81. The molecule has 3 N–H and O–H groups in total. The third-order valence-corrected chi connectivity index (χ3v) is 2.36. The van der Waals surface area contributed by atoms with E-state index in [4.69, 9.17) is 0 Å². The molecule has 0 aliphatic heterocycles. The van der Waals surface area contributed by atoms with E-state index < -0.39 is 30.8 Å². The van der Waals surface area contributed by atoms with Gasteiger partial charge in [-0.2, -0.15) is 13.2 Å². The van der Waals surface area contributed by atoms with Crippen molar-refractivity contribution in [2.45, 2.75) is 52.4 Å². The van der Waals surface area contributed by atoms with Crippen molar-refractivity contribution in [2.75, 3.05) is 13.1 Å². The average Bonchev–Trinajstić information content (AvgIpc) is 2.19. The number of alkyl halides is 3. The number of aliphatic hydroxyl groups excluding tert-OH is 1. The van der Waals surface area contributed by atoms with Gasteiger partial charge in [0.1, 0.15) is 6.54 Å². The van der Waals surface area contributed by atoms with Gasteiger partial charge in [-0.3, -0.25) is 4.79 Å². The van der Waals surface area contributed by atoms with Crippen LogP contribution in [0.5, 0.6) is 0 Å². The Bertz CT molecular complexity index is 288. The van der Waals surface area contributed by atoms with Crippen molar-refractivity contribution in [3.63, 3.8) is 0 Å². The maximum atomic E-state index is 11.9. The first-order valence-electron chi connectivity index (χ1n) is 6.16. The summed E-state index contributed by atoms with van der Waals surface area (Å²) in [6.07, 6.45) is -4.52. The molecule has 0 aliphatic rings. The van der Waals surface area contributed by atoms with Crippen molar-refractivity contribution in [3.05, 3.63) is 0 Å². The van der Waals surface area contributed by atoms with E-state index in [0.717, 1.165) is 0 Å². The highest BCUT2D eigenvalue weighted by atomic mass is 19.4. The predicted octanol–water partition coefficient (Wildman–Crippen LogP) is 1.44. The molecule has 7 heteroatoms. The van der Waals surface area contributed by atoms with E-state index in [2.05, 4.69) is 5.32 Å². The highest BCUT2D eigenvalue weighted by Gasteiger charge is 2.28. The minimum absolute atomic E-state index is 0.0527. The number of hydrogen-bond donors (Lipinski definition) is 3. The first-order valence-corrected chi connectivity index (χ1v) is 6.16. The van der Waals surface area contributed by atoms with E-state index in [9.17, 15) is 23.1 Å². The Morgan fingerprint density at radius 2 is 1.79 bits per heavy atom. The first-order chi connectivity index (χ1) is 8.41. The molecular weight excluding hydrogens is 261 g/mol. The Labute approximate surface area is 111 Å². The Morgan fingerprint density at radius 1 is 1.26 bits per heavy atom. The van der Waals surface area contributed by atoms with E-state index in [1.165, 1.54) is 6.92 Å². The highest BCUT2D eigenvalue weighted by Crippen LogP contribution is 2.20. The lowest BCUT2D eigenvalue weighted by molar-refractivity contribution is -0.139. The summed E-state index contributed by atoms with van der Waals surface area (Å²) in [5, 5.41) is 14.2. The number of aliphatic hydroxyl groups is 1. The van der Waals surface area contributed by atoms with Gasteiger partial charge in [0, 0.05) is 6.54 Å². The van der Waals surface area contributed by atoms with E-state index in [-0.39, 0.29) is 12.0 Å². The minimum Gasteiger partial charge on any atom is -0.392 e. The second-order valence-corrected chi connectivity index (χ2v) is 5.88. The maximum absolute atomic E-state index is 11.9. The van der Waals surface area contributed by atoms with Crippen LogP contribution in [0.15, 0.2) is 0 Å². The zero-order chi connectivity index (χ0) is 15.3. The maximum Gasteiger partial charge on any atom is 0.405 e. The summed E-state index contributed by atoms with van der Waals surface area (Å²) in [4.78, 5) is 11.3. The quantitative estimate of drug-likeness (QED) is 0.691. The van der Waals surface area contributed by atoms with Crippen LogP contribution in [0.3, 0.4) is 0 Å². The molecule has 19 heavy (non-hydrogen) atoms. The molecule has 0 heterocycles. The van der Waals surface area contributed by atoms with Crippen LogP contribution in [-0.2, 0) is 4.79 Å². The van der Waals surface area contributed by atoms with Gasteiger partial charge in [0.05, 0.1) is 12.1 Å². The molecular formula is C12H23F3N2O2. The van der Waals surface area contributed by atoms with Gasteiger partial charge in [0.15, 0.2) is 0 Å². The number of rotatable bonds is 6. The summed E-state index contributed by atoms with van der Waals surface area (Å²) >= 11 is 0. The minimum atomic E-state index is -4.42. The third-order valence-electron chi connectivity index (χ3n) is 2.36. The first kappa shape index (κ1) is 18.2. The van der Waals surface area contributed by atoms with Crippen LogP contribution >= 0.6 is 0 Å². The fourth-order valence-electron chi connectivity index (χ4n) is 1.52. The molecule has 0 rings (SSSR count). The molecule has 0 bridgehead atoms. The summed E-state index contributed by atoms with van der Waals surface area (Å²) in [6, 6.07) is -0.781. The SMILES string of the molecule is CC(NCC(O)CC(C)(C)C)C(=O)NCC(F)(F)F. The van der Waals surface area contributed by atoms with Crippen LogP contribution in [0, 0.1) is 5.41 Å². The van der Waals surface area contributed by atoms with Crippen LogP contribution in [0.2, 0.25) is 0 Å². The molecule has 114 valence electrons. The van der Waals surface area contributed by atoms with E-state index in [1.54, 1.807) is 5.32 Å². The zero-order valence-corrected chi connectivity index (χ0v) is 11.8. The molecule has 0 radical (unpaired) electrons. The molecule has 0 saturated heterocycles. The van der Waals surface area contributed by atoms with Crippen molar-refractivity contribution in [2.24, 2.45) is 5.41 Å².